The zero-order valence-corrected chi connectivity index (χ0v) is 29.0. The monoisotopic (exact) mass is 709 g/mol. The van der Waals surface area contributed by atoms with Crippen LogP contribution in [0.4, 0.5) is 16.2 Å². The second-order valence-corrected chi connectivity index (χ2v) is 12.3. The lowest BCUT2D eigenvalue weighted by Gasteiger charge is -2.14. The molecule has 0 aliphatic heterocycles. The maximum Gasteiger partial charge on any atom is 0.323 e. The molecule has 0 saturated carbocycles. The number of amides is 3. The predicted molar refractivity (Wildman–Crippen MR) is 194 cm³/mol. The first-order chi connectivity index (χ1) is 23.6. The van der Waals surface area contributed by atoms with Crippen LogP contribution in [-0.2, 0) is 6.54 Å². The molecule has 2 aromatic carbocycles. The number of likely N-dealkylation sites (N-methyl/N-ethyl adjacent to an activating group) is 1. The number of urea groups is 1. The van der Waals surface area contributed by atoms with Gasteiger partial charge in [-0.25, -0.2) is 9.48 Å². The summed E-state index contributed by atoms with van der Waals surface area (Å²) in [5, 5.41) is 32.5. The van der Waals surface area contributed by atoms with Crippen molar-refractivity contribution in [3.63, 3.8) is 0 Å². The van der Waals surface area contributed by atoms with Gasteiger partial charge in [0.15, 0.2) is 0 Å². The van der Waals surface area contributed by atoms with E-state index in [-0.39, 0.29) is 46.2 Å². The number of phenolic OH excluding ortho intramolecular Hbond substituents is 1. The van der Waals surface area contributed by atoms with Gasteiger partial charge in [0.1, 0.15) is 11.4 Å². The Bertz CT molecular complexity index is 1800. The number of anilines is 2. The van der Waals surface area contributed by atoms with Crippen molar-refractivity contribution in [3.05, 3.63) is 86.9 Å². The largest absolute Gasteiger partial charge is 0.507 e. The van der Waals surface area contributed by atoms with Crippen LogP contribution in [0.5, 0.6) is 5.75 Å². The first-order valence-electron chi connectivity index (χ1n) is 16.1. The summed E-state index contributed by atoms with van der Waals surface area (Å²) < 4.78 is 1.23. The molecule has 4 rings (SSSR count). The van der Waals surface area contributed by atoms with Gasteiger partial charge in [0.25, 0.3) is 11.5 Å². The van der Waals surface area contributed by atoms with E-state index in [0.717, 1.165) is 38.6 Å². The zero-order valence-electron chi connectivity index (χ0n) is 27.5. The Morgan fingerprint density at radius 3 is 2.37 bits per heavy atom. The summed E-state index contributed by atoms with van der Waals surface area (Å²) in [5.74, 6) is -0.236. The van der Waals surface area contributed by atoms with E-state index in [9.17, 15) is 19.5 Å². The number of nitrogens with zero attached hydrogens (tertiary/aromatic N) is 4. The number of hydrogen-bond acceptors (Lipinski definition) is 8. The Kier molecular flexibility index (Phi) is 14.0. The van der Waals surface area contributed by atoms with Crippen molar-refractivity contribution in [2.75, 3.05) is 43.9 Å². The fourth-order valence-corrected chi connectivity index (χ4v) is 5.62. The zero-order chi connectivity index (χ0) is 35.3. The maximum absolute atomic E-state index is 13.1. The number of benzene rings is 2. The third-order valence-corrected chi connectivity index (χ3v) is 8.40. The van der Waals surface area contributed by atoms with E-state index in [4.69, 9.17) is 28.3 Å². The van der Waals surface area contributed by atoms with Gasteiger partial charge in [-0.05, 0) is 69.3 Å². The lowest BCUT2D eigenvalue weighted by Crippen LogP contribution is -2.29. The van der Waals surface area contributed by atoms with E-state index in [1.54, 1.807) is 43.3 Å². The molecule has 0 saturated heterocycles. The van der Waals surface area contributed by atoms with Crippen LogP contribution in [0.2, 0.25) is 10.0 Å². The average molecular weight is 711 g/mol. The maximum atomic E-state index is 13.1. The first kappa shape index (κ1) is 37.3. The topological polar surface area (TPSA) is 162 Å². The lowest BCUT2D eigenvalue weighted by molar-refractivity contribution is 0.0953. The second-order valence-electron chi connectivity index (χ2n) is 11.5. The third kappa shape index (κ3) is 10.5. The van der Waals surface area contributed by atoms with Gasteiger partial charge in [0.05, 0.1) is 28.0 Å². The lowest BCUT2D eigenvalue weighted by atomic mass is 9.98. The quantitative estimate of drug-likeness (QED) is 0.0853. The number of aromatic hydroxyl groups is 1. The third-order valence-electron chi connectivity index (χ3n) is 7.83. The molecule has 49 heavy (non-hydrogen) atoms. The van der Waals surface area contributed by atoms with Crippen LogP contribution < -0.4 is 21.5 Å². The Balaban J connectivity index is 1.44. The molecular weight excluding hydrogens is 669 g/mol. The number of aromatic nitrogens is 3. The van der Waals surface area contributed by atoms with Crippen LogP contribution in [0.1, 0.15) is 49.4 Å². The molecule has 2 aromatic heterocycles. The van der Waals surface area contributed by atoms with Gasteiger partial charge in [0.2, 0.25) is 0 Å². The highest BCUT2D eigenvalue weighted by Gasteiger charge is 2.16. The molecule has 12 nitrogen and oxygen atoms in total. The van der Waals surface area contributed by atoms with Crippen LogP contribution in [0.25, 0.3) is 22.4 Å². The molecule has 0 aliphatic carbocycles. The number of pyridine rings is 1. The number of hydrogen-bond donors (Lipinski definition) is 5. The molecule has 0 atom stereocenters. The minimum absolute atomic E-state index is 0.00252. The van der Waals surface area contributed by atoms with Crippen molar-refractivity contribution >= 4 is 46.5 Å². The van der Waals surface area contributed by atoms with Crippen molar-refractivity contribution in [2.24, 2.45) is 0 Å². The fraction of sp³-hybridized carbons (Fsp3) is 0.343. The molecule has 0 spiro atoms. The van der Waals surface area contributed by atoms with Crippen molar-refractivity contribution in [2.45, 2.75) is 45.6 Å². The predicted octanol–water partition coefficient (Wildman–Crippen LogP) is 6.25. The van der Waals surface area contributed by atoms with E-state index in [0.29, 0.717) is 41.0 Å². The highest BCUT2D eigenvalue weighted by Crippen LogP contribution is 2.33. The molecular formula is C35H41Cl2N7O5. The van der Waals surface area contributed by atoms with Gasteiger partial charge in [-0.2, -0.15) is 5.10 Å². The molecule has 0 aliphatic rings. The normalized spacial score (nSPS) is 11.1. The number of aliphatic hydroxyl groups excluding tert-OH is 1. The van der Waals surface area contributed by atoms with E-state index in [1.165, 1.54) is 29.2 Å². The number of carbonyl (C=O) groups excluding carboxylic acids is 2. The van der Waals surface area contributed by atoms with Crippen LogP contribution in [0.15, 0.2) is 65.7 Å². The summed E-state index contributed by atoms with van der Waals surface area (Å²) in [4.78, 5) is 44.8. The van der Waals surface area contributed by atoms with E-state index < -0.39 is 11.6 Å². The smallest absolute Gasteiger partial charge is 0.323 e. The SMILES string of the molecule is CCn1nc(-c2cccc(-c3cc(C(=O)NCCCCCCCN(C)CCO)ccc3O)c2)cc(NC(=O)Nc2c(Cl)cncc2Cl)c1=O. The van der Waals surface area contributed by atoms with Crippen LogP contribution in [-0.4, -0.2) is 75.1 Å². The Hall–Kier alpha value is -4.49. The molecule has 0 bridgehead atoms. The highest BCUT2D eigenvalue weighted by atomic mass is 35.5. The van der Waals surface area contributed by atoms with Gasteiger partial charge >= 0.3 is 6.03 Å². The summed E-state index contributed by atoms with van der Waals surface area (Å²) in [6.07, 6.45) is 7.78. The fourth-order valence-electron chi connectivity index (χ4n) is 5.16. The average Bonchev–Trinajstić information content (AvgIpc) is 3.08. The molecule has 3 amide bonds. The highest BCUT2D eigenvalue weighted by molar-refractivity contribution is 6.39. The number of unbranched alkanes of at least 4 members (excludes halogenated alkanes) is 4. The number of carbonyl (C=O) groups is 2. The van der Waals surface area contributed by atoms with Crippen molar-refractivity contribution < 1.29 is 19.8 Å². The minimum Gasteiger partial charge on any atom is -0.507 e. The molecule has 4 aromatic rings. The molecule has 0 fully saturated rings. The summed E-state index contributed by atoms with van der Waals surface area (Å²) in [5.41, 5.74) is 2.10. The Labute approximate surface area is 295 Å². The number of phenols is 1. The number of aliphatic hydroxyl groups is 1. The summed E-state index contributed by atoms with van der Waals surface area (Å²) >= 11 is 12.2. The molecule has 2 heterocycles. The van der Waals surface area contributed by atoms with E-state index in [1.807, 2.05) is 7.05 Å². The van der Waals surface area contributed by atoms with E-state index >= 15 is 0 Å². The van der Waals surface area contributed by atoms with Gasteiger partial charge < -0.3 is 31.1 Å². The van der Waals surface area contributed by atoms with Crippen LogP contribution in [0.3, 0.4) is 0 Å². The standard InChI is InChI=1S/C35H41Cl2N7O5/c1-3-44-34(48)30(40-35(49)41-32-27(36)21-38-22-28(32)37)20-29(42-44)24-11-9-10-23(18-24)26-19-25(12-13-31(26)46)33(47)39-14-7-5-4-6-8-15-43(2)16-17-45/h9-13,18-22,45-46H,3-8,14-17H2,1-2H3,(H,39,47)(H2,38,40,41,49). The first-order valence-corrected chi connectivity index (χ1v) is 16.9. The van der Waals surface area contributed by atoms with Gasteiger partial charge in [0, 0.05) is 48.7 Å². The van der Waals surface area contributed by atoms with Gasteiger partial charge in [-0.15, -0.1) is 0 Å². The van der Waals surface area contributed by atoms with Crippen LogP contribution >= 0.6 is 23.2 Å². The van der Waals surface area contributed by atoms with Gasteiger partial charge in [-0.3, -0.25) is 14.6 Å². The van der Waals surface area contributed by atoms with E-state index in [2.05, 4.69) is 30.9 Å². The summed E-state index contributed by atoms with van der Waals surface area (Å²) in [7, 11) is 2.00. The molecule has 14 heteroatoms. The van der Waals surface area contributed by atoms with Crippen molar-refractivity contribution in [1.82, 2.24) is 25.0 Å². The molecule has 0 radical (unpaired) electrons. The minimum atomic E-state index is -0.737. The Morgan fingerprint density at radius 1 is 0.918 bits per heavy atom. The second kappa shape index (κ2) is 18.3. The molecule has 5 N–H and O–H groups in total. The molecule has 0 unspecified atom stereocenters. The van der Waals surface area contributed by atoms with Crippen LogP contribution in [0, 0.1) is 0 Å². The number of halogens is 2. The van der Waals surface area contributed by atoms with Crippen molar-refractivity contribution in [1.29, 1.82) is 0 Å². The van der Waals surface area contributed by atoms with Gasteiger partial charge in [-0.1, -0.05) is 60.7 Å². The van der Waals surface area contributed by atoms with Crippen molar-refractivity contribution in [3.8, 4) is 28.1 Å². The number of rotatable bonds is 16. The Morgan fingerprint density at radius 2 is 1.63 bits per heavy atom. The molecule has 260 valence electrons. The summed E-state index contributed by atoms with van der Waals surface area (Å²) in [6.45, 7) is 4.36. The number of nitrogens with one attached hydrogen (secondary N) is 3. The summed E-state index contributed by atoms with van der Waals surface area (Å²) in [6, 6.07) is 12.6. The number of aryl methyl sites for hydroxylation is 1.